The van der Waals surface area contributed by atoms with Gasteiger partial charge in [-0.3, -0.25) is 0 Å². The van der Waals surface area contributed by atoms with E-state index in [0.717, 1.165) is 23.7 Å². The van der Waals surface area contributed by atoms with Crippen LogP contribution < -0.4 is 0 Å². The topological polar surface area (TPSA) is 0 Å². The molecule has 3 heteroatoms. The third kappa shape index (κ3) is 5.01. The van der Waals surface area contributed by atoms with Gasteiger partial charge in [-0.2, -0.15) is 0 Å². The Balaban J connectivity index is 0.000000485. The summed E-state index contributed by atoms with van der Waals surface area (Å²) in [7, 11) is 9.87. The van der Waals surface area contributed by atoms with Gasteiger partial charge in [0.25, 0.3) is 0 Å². The van der Waals surface area contributed by atoms with Crippen molar-refractivity contribution in [2.24, 2.45) is 23.7 Å². The van der Waals surface area contributed by atoms with Crippen molar-refractivity contribution in [3.05, 3.63) is 11.8 Å². The quantitative estimate of drug-likeness (QED) is 0.431. The van der Waals surface area contributed by atoms with Crippen molar-refractivity contribution in [3.63, 3.8) is 0 Å². The van der Waals surface area contributed by atoms with Crippen LogP contribution in [0.4, 0.5) is 0 Å². The molecule has 0 saturated heterocycles. The van der Waals surface area contributed by atoms with E-state index in [9.17, 15) is 0 Å². The Bertz CT molecular complexity index is 317. The zero-order valence-corrected chi connectivity index (χ0v) is 18.4. The summed E-state index contributed by atoms with van der Waals surface area (Å²) in [6, 6.07) is 0. The van der Waals surface area contributed by atoms with Crippen LogP contribution in [0.15, 0.2) is 0 Å². The Labute approximate surface area is 162 Å². The van der Waals surface area contributed by atoms with Crippen LogP contribution in [0.1, 0.15) is 89.9 Å². The summed E-state index contributed by atoms with van der Waals surface area (Å²) < 4.78 is 0. The van der Waals surface area contributed by atoms with E-state index in [2.05, 4.69) is 0 Å². The van der Waals surface area contributed by atoms with Crippen LogP contribution >= 0.6 is 17.0 Å². The van der Waals surface area contributed by atoms with Crippen molar-refractivity contribution in [3.8, 4) is 0 Å². The maximum absolute atomic E-state index is 4.93. The van der Waals surface area contributed by atoms with E-state index in [4.69, 9.17) is 17.0 Å². The van der Waals surface area contributed by atoms with Crippen LogP contribution in [0.2, 0.25) is 0 Å². The fraction of sp³-hybridized carbons (Fsp3) is 0.900. The Morgan fingerprint density at radius 1 is 0.652 bits per heavy atom. The molecule has 4 fully saturated rings. The van der Waals surface area contributed by atoms with E-state index in [1.165, 1.54) is 51.4 Å². The zero-order chi connectivity index (χ0) is 16.1. The fourth-order valence-corrected chi connectivity index (χ4v) is 6.19. The van der Waals surface area contributed by atoms with E-state index in [1.807, 2.05) is 11.8 Å². The van der Waals surface area contributed by atoms with Gasteiger partial charge in [-0.05, 0) is 99.7 Å². The number of hydrogen-bond acceptors (Lipinski definition) is 0. The molecule has 4 aliphatic carbocycles. The molecule has 4 rings (SSSR count). The monoisotopic (exact) mass is 432 g/mol. The fourth-order valence-electron chi connectivity index (χ4n) is 6.19. The van der Waals surface area contributed by atoms with Gasteiger partial charge in [-0.1, -0.05) is 25.7 Å². The van der Waals surface area contributed by atoms with Crippen LogP contribution in [0.5, 0.6) is 0 Å². The molecule has 0 aliphatic heterocycles. The minimum atomic E-state index is -0.826. The number of hydrogen-bond donors (Lipinski definition) is 0. The molecule has 4 unspecified atom stereocenters. The molecule has 4 saturated carbocycles. The van der Waals surface area contributed by atoms with E-state index < -0.39 is 20.8 Å². The van der Waals surface area contributed by atoms with Gasteiger partial charge >= 0.3 is 37.9 Å². The Kier molecular flexibility index (Phi) is 8.33. The first-order valence-corrected chi connectivity index (χ1v) is 16.3. The predicted octanol–water partition coefficient (Wildman–Crippen LogP) is 7.49. The average Bonchev–Trinajstić information content (AvgIpc) is 3.18. The first-order valence-electron chi connectivity index (χ1n) is 10.0. The molecule has 0 aromatic heterocycles. The number of fused-ring (bicyclic) bond motifs is 2. The van der Waals surface area contributed by atoms with Gasteiger partial charge in [0.05, 0.1) is 0 Å². The maximum atomic E-state index is 4.93. The van der Waals surface area contributed by atoms with Crippen LogP contribution in [0.3, 0.4) is 0 Å². The molecular formula is C20H32Cl2Zr. The van der Waals surface area contributed by atoms with E-state index in [1.54, 1.807) is 38.5 Å². The minimum absolute atomic E-state index is 0.826. The van der Waals surface area contributed by atoms with Crippen LogP contribution in [0.25, 0.3) is 0 Å². The Hall–Kier alpha value is 1.46. The molecule has 4 atom stereocenters. The predicted molar refractivity (Wildman–Crippen MR) is 96.8 cm³/mol. The van der Waals surface area contributed by atoms with Gasteiger partial charge < -0.3 is 0 Å². The molecule has 130 valence electrons. The van der Waals surface area contributed by atoms with Crippen molar-refractivity contribution in [2.75, 3.05) is 0 Å². The molecule has 0 N–H and O–H groups in total. The second-order valence-corrected chi connectivity index (χ2v) is 12.0. The van der Waals surface area contributed by atoms with Crippen LogP contribution in [0, 0.1) is 35.5 Å². The zero-order valence-electron chi connectivity index (χ0n) is 14.5. The van der Waals surface area contributed by atoms with E-state index >= 15 is 0 Å². The molecule has 0 aromatic carbocycles. The summed E-state index contributed by atoms with van der Waals surface area (Å²) in [4.78, 5) is 0. The van der Waals surface area contributed by atoms with Crippen LogP contribution in [-0.2, 0) is 20.8 Å². The molecule has 0 nitrogen and oxygen atoms in total. The van der Waals surface area contributed by atoms with Gasteiger partial charge in [-0.25, -0.2) is 0 Å². The van der Waals surface area contributed by atoms with Crippen molar-refractivity contribution in [1.82, 2.24) is 0 Å². The Morgan fingerprint density at radius 2 is 1.09 bits per heavy atom. The molecule has 0 amide bonds. The molecule has 2 radical (unpaired) electrons. The second-order valence-electron chi connectivity index (χ2n) is 8.23. The molecule has 0 bridgehead atoms. The normalized spacial score (nSPS) is 37.7. The van der Waals surface area contributed by atoms with Gasteiger partial charge in [-0.15, -0.1) is 0 Å². The van der Waals surface area contributed by atoms with Gasteiger partial charge in [0, 0.05) is 0 Å². The first kappa shape index (κ1) is 19.2. The van der Waals surface area contributed by atoms with Gasteiger partial charge in [0.2, 0.25) is 0 Å². The average molecular weight is 435 g/mol. The van der Waals surface area contributed by atoms with E-state index in [0.29, 0.717) is 0 Å². The molecule has 4 aliphatic rings. The molecular weight excluding hydrogens is 402 g/mol. The van der Waals surface area contributed by atoms with Gasteiger partial charge in [0.15, 0.2) is 0 Å². The Morgan fingerprint density at radius 3 is 1.52 bits per heavy atom. The van der Waals surface area contributed by atoms with Crippen molar-refractivity contribution < 1.29 is 20.8 Å². The van der Waals surface area contributed by atoms with Crippen molar-refractivity contribution in [1.29, 1.82) is 0 Å². The molecule has 0 aromatic rings. The summed E-state index contributed by atoms with van der Waals surface area (Å²) in [6.07, 6.45) is 21.4. The summed E-state index contributed by atoms with van der Waals surface area (Å²) in [5, 5.41) is 0. The molecule has 0 heterocycles. The first-order chi connectivity index (χ1) is 11.3. The third-order valence-electron chi connectivity index (χ3n) is 7.22. The third-order valence-corrected chi connectivity index (χ3v) is 7.22. The standard InChI is InChI=1S/C20H32.2ClH.Zr/c1-3-7-19-15(5-1)9-11-17(19)13-14-18-12-10-16-6-2-4-8-20(16)18;;;/h15-18H,1-14H2;2*1H;/q;;;+2/p-2. The van der Waals surface area contributed by atoms with E-state index in [-0.39, 0.29) is 0 Å². The summed E-state index contributed by atoms with van der Waals surface area (Å²) in [5.74, 6) is 8.27. The molecule has 23 heavy (non-hydrogen) atoms. The number of halogens is 2. The second kappa shape index (κ2) is 9.97. The summed E-state index contributed by atoms with van der Waals surface area (Å²) in [6.45, 7) is 0. The van der Waals surface area contributed by atoms with Crippen molar-refractivity contribution in [2.45, 2.75) is 89.9 Å². The van der Waals surface area contributed by atoms with Gasteiger partial charge in [0.1, 0.15) is 0 Å². The van der Waals surface area contributed by atoms with Crippen LogP contribution in [-0.4, -0.2) is 0 Å². The molecule has 0 spiro atoms. The SMILES string of the molecule is C1CCC2CCC(CCC3CCC4CCCC[C]43)[C]2C1.[Cl][Zr][Cl]. The summed E-state index contributed by atoms with van der Waals surface area (Å²) >= 11 is -0.826. The summed E-state index contributed by atoms with van der Waals surface area (Å²) in [5.41, 5.74) is 0. The van der Waals surface area contributed by atoms with Crippen molar-refractivity contribution >= 4 is 17.0 Å². The number of rotatable bonds is 3.